The third-order valence-corrected chi connectivity index (χ3v) is 6.66. The summed E-state index contributed by atoms with van der Waals surface area (Å²) >= 11 is 0. The van der Waals surface area contributed by atoms with Crippen molar-refractivity contribution in [2.45, 2.75) is 52.5 Å². The number of amides is 1. The standard InChI is InChI=1S/C28H34N2O5/c1-7-10-23(32)30-20-12-9-8-11-18(20)29-19-15-28(2,3)16-21(31)24(19)25(30)17-13-14-22(33-4)27(35-6)26(17)34-5/h8-9,11-14,25,29H,7,10,15-16H2,1-6H3/t25-/m1/s1. The second-order valence-electron chi connectivity index (χ2n) is 9.82. The lowest BCUT2D eigenvalue weighted by atomic mass is 9.73. The Bertz CT molecular complexity index is 1180. The lowest BCUT2D eigenvalue weighted by molar-refractivity contribution is -0.119. The van der Waals surface area contributed by atoms with E-state index in [-0.39, 0.29) is 17.1 Å². The molecule has 2 aromatic rings. The molecule has 0 saturated heterocycles. The van der Waals surface area contributed by atoms with Crippen LogP contribution in [0.2, 0.25) is 0 Å². The van der Waals surface area contributed by atoms with Crippen molar-refractivity contribution in [1.29, 1.82) is 0 Å². The first-order valence-corrected chi connectivity index (χ1v) is 12.0. The number of fused-ring (bicyclic) bond motifs is 1. The minimum absolute atomic E-state index is 0.0210. The van der Waals surface area contributed by atoms with Gasteiger partial charge in [0.2, 0.25) is 11.7 Å². The molecule has 1 heterocycles. The minimum Gasteiger partial charge on any atom is -0.493 e. The van der Waals surface area contributed by atoms with Crippen LogP contribution in [0, 0.1) is 5.41 Å². The number of ketones is 1. The molecule has 35 heavy (non-hydrogen) atoms. The van der Waals surface area contributed by atoms with Gasteiger partial charge < -0.3 is 19.5 Å². The number of carbonyl (C=O) groups excluding carboxylic acids is 2. The van der Waals surface area contributed by atoms with Crippen molar-refractivity contribution < 1.29 is 23.8 Å². The van der Waals surface area contributed by atoms with Crippen molar-refractivity contribution in [3.8, 4) is 17.2 Å². The van der Waals surface area contributed by atoms with E-state index in [9.17, 15) is 9.59 Å². The van der Waals surface area contributed by atoms with Gasteiger partial charge in [-0.15, -0.1) is 0 Å². The Morgan fingerprint density at radius 2 is 1.74 bits per heavy atom. The molecule has 0 saturated carbocycles. The van der Waals surface area contributed by atoms with Crippen molar-refractivity contribution in [2.75, 3.05) is 31.5 Å². The van der Waals surface area contributed by atoms with E-state index in [0.29, 0.717) is 54.1 Å². The van der Waals surface area contributed by atoms with E-state index < -0.39 is 6.04 Å². The molecule has 1 aliphatic carbocycles. The molecule has 0 radical (unpaired) electrons. The maximum atomic E-state index is 13.8. The van der Waals surface area contributed by atoms with Crippen LogP contribution in [0.5, 0.6) is 17.2 Å². The van der Waals surface area contributed by atoms with E-state index in [1.165, 1.54) is 0 Å². The monoisotopic (exact) mass is 478 g/mol. The van der Waals surface area contributed by atoms with Crippen LogP contribution in [0.15, 0.2) is 47.7 Å². The number of hydrogen-bond donors (Lipinski definition) is 1. The number of hydrogen-bond acceptors (Lipinski definition) is 6. The summed E-state index contributed by atoms with van der Waals surface area (Å²) in [6.07, 6.45) is 2.12. The van der Waals surface area contributed by atoms with Crippen molar-refractivity contribution >= 4 is 23.1 Å². The van der Waals surface area contributed by atoms with Crippen LogP contribution in [0.1, 0.15) is 58.1 Å². The first kappa shape index (κ1) is 24.6. The number of carbonyl (C=O) groups is 2. The SMILES string of the molecule is CCCC(=O)N1c2ccccc2NC2=C(C(=O)CC(C)(C)C2)[C@H]1c1ccc(OC)c(OC)c1OC. The van der Waals surface area contributed by atoms with E-state index in [2.05, 4.69) is 19.2 Å². The molecular weight excluding hydrogens is 444 g/mol. The summed E-state index contributed by atoms with van der Waals surface area (Å²) in [7, 11) is 4.67. The highest BCUT2D eigenvalue weighted by Crippen LogP contribution is 2.52. The highest BCUT2D eigenvalue weighted by molar-refractivity contribution is 6.06. The van der Waals surface area contributed by atoms with Crippen molar-refractivity contribution in [2.24, 2.45) is 5.41 Å². The Hall–Kier alpha value is -3.48. The highest BCUT2D eigenvalue weighted by atomic mass is 16.5. The van der Waals surface area contributed by atoms with Crippen LogP contribution in [0.3, 0.4) is 0 Å². The molecule has 0 unspecified atom stereocenters. The molecule has 0 spiro atoms. The molecule has 186 valence electrons. The number of Topliss-reactive ketones (excluding diaryl/α,β-unsaturated/α-hetero) is 1. The number of para-hydroxylation sites is 2. The third kappa shape index (κ3) is 4.35. The first-order chi connectivity index (χ1) is 16.8. The Morgan fingerprint density at radius 3 is 2.40 bits per heavy atom. The van der Waals surface area contributed by atoms with Gasteiger partial charge in [-0.1, -0.05) is 32.9 Å². The van der Waals surface area contributed by atoms with Crippen molar-refractivity contribution in [3.63, 3.8) is 0 Å². The third-order valence-electron chi connectivity index (χ3n) is 6.66. The van der Waals surface area contributed by atoms with Crippen molar-refractivity contribution in [1.82, 2.24) is 0 Å². The molecule has 4 rings (SSSR count). The van der Waals surface area contributed by atoms with Gasteiger partial charge >= 0.3 is 0 Å². The van der Waals surface area contributed by atoms with Crippen LogP contribution in [-0.2, 0) is 9.59 Å². The molecule has 7 nitrogen and oxygen atoms in total. The number of rotatable bonds is 6. The summed E-state index contributed by atoms with van der Waals surface area (Å²) in [5.74, 6) is 1.33. The molecule has 2 aliphatic rings. The summed E-state index contributed by atoms with van der Waals surface area (Å²) in [6, 6.07) is 10.7. The summed E-state index contributed by atoms with van der Waals surface area (Å²) in [6.45, 7) is 6.17. The Balaban J connectivity index is 2.08. The number of allylic oxidation sites excluding steroid dienone is 1. The molecule has 0 aromatic heterocycles. The van der Waals surface area contributed by atoms with Gasteiger partial charge in [0.1, 0.15) is 0 Å². The quantitative estimate of drug-likeness (QED) is 0.578. The number of nitrogens with one attached hydrogen (secondary N) is 1. The predicted octanol–water partition coefficient (Wildman–Crippen LogP) is 5.66. The topological polar surface area (TPSA) is 77.1 Å². The fraction of sp³-hybridized carbons (Fsp3) is 0.429. The number of methoxy groups -OCH3 is 3. The number of ether oxygens (including phenoxy) is 3. The summed E-state index contributed by atoms with van der Waals surface area (Å²) < 4.78 is 17.0. The van der Waals surface area contributed by atoms with Gasteiger partial charge in [-0.3, -0.25) is 14.5 Å². The van der Waals surface area contributed by atoms with E-state index in [1.807, 2.05) is 37.3 Å². The van der Waals surface area contributed by atoms with Crippen LogP contribution >= 0.6 is 0 Å². The van der Waals surface area contributed by atoms with Gasteiger partial charge in [-0.2, -0.15) is 0 Å². The van der Waals surface area contributed by atoms with Gasteiger partial charge in [0.05, 0.1) is 38.7 Å². The lowest BCUT2D eigenvalue weighted by Gasteiger charge is -2.37. The summed E-state index contributed by atoms with van der Waals surface area (Å²) in [5.41, 5.74) is 3.44. The van der Waals surface area contributed by atoms with E-state index in [1.54, 1.807) is 32.3 Å². The number of nitrogens with zero attached hydrogens (tertiary/aromatic N) is 1. The smallest absolute Gasteiger partial charge is 0.227 e. The van der Waals surface area contributed by atoms with Gasteiger partial charge in [0.25, 0.3) is 0 Å². The fourth-order valence-electron chi connectivity index (χ4n) is 5.23. The maximum absolute atomic E-state index is 13.8. The predicted molar refractivity (Wildman–Crippen MR) is 136 cm³/mol. The fourth-order valence-corrected chi connectivity index (χ4v) is 5.23. The second kappa shape index (κ2) is 9.64. The van der Waals surface area contributed by atoms with Crippen LogP contribution in [-0.4, -0.2) is 33.0 Å². The Kier molecular flexibility index (Phi) is 6.79. The van der Waals surface area contributed by atoms with E-state index in [0.717, 1.165) is 17.1 Å². The number of anilines is 2. The van der Waals surface area contributed by atoms with E-state index >= 15 is 0 Å². The zero-order valence-corrected chi connectivity index (χ0v) is 21.4. The average molecular weight is 479 g/mol. The molecular formula is C28H34N2O5. The van der Waals surface area contributed by atoms with Gasteiger partial charge in [0.15, 0.2) is 17.3 Å². The van der Waals surface area contributed by atoms with Gasteiger partial charge in [-0.05, 0) is 42.5 Å². The Labute approximate surface area is 207 Å². The lowest BCUT2D eigenvalue weighted by Crippen LogP contribution is -2.39. The largest absolute Gasteiger partial charge is 0.493 e. The molecule has 1 N–H and O–H groups in total. The molecule has 7 heteroatoms. The van der Waals surface area contributed by atoms with E-state index in [4.69, 9.17) is 14.2 Å². The zero-order valence-electron chi connectivity index (χ0n) is 21.4. The minimum atomic E-state index is -0.682. The molecule has 1 amide bonds. The molecule has 2 aromatic carbocycles. The zero-order chi connectivity index (χ0) is 25.3. The molecule has 0 fully saturated rings. The maximum Gasteiger partial charge on any atom is 0.227 e. The van der Waals surface area contributed by atoms with Crippen LogP contribution in [0.25, 0.3) is 0 Å². The van der Waals surface area contributed by atoms with Gasteiger partial charge in [0, 0.05) is 29.7 Å². The van der Waals surface area contributed by atoms with Crippen molar-refractivity contribution in [3.05, 3.63) is 53.2 Å². The van der Waals surface area contributed by atoms with Crippen LogP contribution in [0.4, 0.5) is 11.4 Å². The molecule has 1 atom stereocenters. The number of benzene rings is 2. The average Bonchev–Trinajstić information content (AvgIpc) is 2.96. The first-order valence-electron chi connectivity index (χ1n) is 12.0. The highest BCUT2D eigenvalue weighted by Gasteiger charge is 2.44. The summed E-state index contributed by atoms with van der Waals surface area (Å²) in [5, 5.41) is 3.53. The normalized spacial score (nSPS) is 18.7. The molecule has 0 bridgehead atoms. The summed E-state index contributed by atoms with van der Waals surface area (Å²) in [4.78, 5) is 29.3. The molecule has 1 aliphatic heterocycles. The van der Waals surface area contributed by atoms with Gasteiger partial charge in [-0.25, -0.2) is 0 Å². The Morgan fingerprint density at radius 1 is 1.03 bits per heavy atom. The second-order valence-corrected chi connectivity index (χ2v) is 9.82. The van der Waals surface area contributed by atoms with Crippen LogP contribution < -0.4 is 24.4 Å².